The fourth-order valence-corrected chi connectivity index (χ4v) is 4.15. The normalized spacial score (nSPS) is 17.9. The number of thioether (sulfide) groups is 1. The molecule has 29 heavy (non-hydrogen) atoms. The van der Waals surface area contributed by atoms with Crippen LogP contribution in [0.5, 0.6) is 0 Å². The summed E-state index contributed by atoms with van der Waals surface area (Å²) in [6.07, 6.45) is 1.96. The number of rotatable bonds is 5. The molecule has 2 heterocycles. The van der Waals surface area contributed by atoms with Crippen LogP contribution in [0.3, 0.4) is 0 Å². The maximum atomic E-state index is 12.2. The van der Waals surface area contributed by atoms with Crippen LogP contribution in [0, 0.1) is 0 Å². The summed E-state index contributed by atoms with van der Waals surface area (Å²) in [5, 5.41) is 12.1. The summed E-state index contributed by atoms with van der Waals surface area (Å²) < 4.78 is 5.74. The van der Waals surface area contributed by atoms with Gasteiger partial charge in [0, 0.05) is 15.6 Å². The van der Waals surface area contributed by atoms with Gasteiger partial charge in [-0.05, 0) is 42.3 Å². The number of halogens is 2. The second kappa shape index (κ2) is 8.86. The lowest BCUT2D eigenvalue weighted by atomic mass is 10.1. The number of hydrogen-bond acceptors (Lipinski definition) is 5. The molecule has 146 valence electrons. The highest BCUT2D eigenvalue weighted by molar-refractivity contribution is 8.15. The van der Waals surface area contributed by atoms with Gasteiger partial charge in [0.1, 0.15) is 11.5 Å². The smallest absolute Gasteiger partial charge is 0.239 e. The van der Waals surface area contributed by atoms with Crippen LogP contribution in [-0.2, 0) is 11.2 Å². The van der Waals surface area contributed by atoms with Crippen LogP contribution in [0.15, 0.2) is 75.3 Å². The van der Waals surface area contributed by atoms with Crippen LogP contribution in [0.25, 0.3) is 11.3 Å². The fraction of sp³-hybridized carbons (Fsp3) is 0.0952. The van der Waals surface area contributed by atoms with E-state index < -0.39 is 0 Å². The lowest BCUT2D eigenvalue weighted by molar-refractivity contribution is -0.118. The van der Waals surface area contributed by atoms with E-state index in [1.807, 2.05) is 42.5 Å². The molecule has 1 unspecified atom stereocenters. The van der Waals surface area contributed by atoms with E-state index in [1.54, 1.807) is 18.2 Å². The molecule has 0 radical (unpaired) electrons. The molecule has 1 atom stereocenters. The maximum Gasteiger partial charge on any atom is 0.239 e. The summed E-state index contributed by atoms with van der Waals surface area (Å²) in [5.74, 6) is 1.19. The molecule has 1 N–H and O–H groups in total. The van der Waals surface area contributed by atoms with Crippen molar-refractivity contribution in [2.45, 2.75) is 11.7 Å². The average Bonchev–Trinajstić information content (AvgIpc) is 3.32. The topological polar surface area (TPSA) is 67.0 Å². The first-order valence-corrected chi connectivity index (χ1v) is 10.4. The summed E-state index contributed by atoms with van der Waals surface area (Å²) in [7, 11) is 0. The summed E-state index contributed by atoms with van der Waals surface area (Å²) in [4.78, 5) is 12.2. The number of benzene rings is 2. The van der Waals surface area contributed by atoms with E-state index in [2.05, 4.69) is 15.5 Å². The van der Waals surface area contributed by atoms with Gasteiger partial charge in [0.25, 0.3) is 0 Å². The molecule has 8 heteroatoms. The van der Waals surface area contributed by atoms with Gasteiger partial charge in [-0.2, -0.15) is 5.10 Å². The van der Waals surface area contributed by atoms with Crippen molar-refractivity contribution < 1.29 is 9.21 Å². The second-order valence-electron chi connectivity index (χ2n) is 6.25. The average molecular weight is 444 g/mol. The zero-order valence-electron chi connectivity index (χ0n) is 15.0. The quantitative estimate of drug-likeness (QED) is 0.422. The van der Waals surface area contributed by atoms with Crippen LogP contribution in [0.4, 0.5) is 0 Å². The van der Waals surface area contributed by atoms with E-state index in [-0.39, 0.29) is 11.2 Å². The predicted octanol–water partition coefficient (Wildman–Crippen LogP) is 5.42. The fourth-order valence-electron chi connectivity index (χ4n) is 2.80. The van der Waals surface area contributed by atoms with Gasteiger partial charge in [0.15, 0.2) is 5.17 Å². The highest BCUT2D eigenvalue weighted by Gasteiger charge is 2.31. The Hall–Kier alpha value is -2.54. The number of furan rings is 1. The number of nitrogens with one attached hydrogen (secondary N) is 1. The Morgan fingerprint density at radius 1 is 1.10 bits per heavy atom. The molecule has 1 amide bonds. The summed E-state index contributed by atoms with van der Waals surface area (Å²) in [6.45, 7) is 0. The Balaban J connectivity index is 1.40. The SMILES string of the molecule is O=C1N/C(=N\N=C\c2ccc(-c3ccccc3)o2)SC1Cc1cc(Cl)ccc1Cl. The Morgan fingerprint density at radius 3 is 2.76 bits per heavy atom. The van der Waals surface area contributed by atoms with Crippen LogP contribution >= 0.6 is 35.0 Å². The molecule has 4 rings (SSSR count). The largest absolute Gasteiger partial charge is 0.455 e. The van der Waals surface area contributed by atoms with Crippen LogP contribution in [0.2, 0.25) is 10.0 Å². The minimum Gasteiger partial charge on any atom is -0.455 e. The molecule has 0 saturated carbocycles. The molecule has 1 aromatic heterocycles. The van der Waals surface area contributed by atoms with Crippen LogP contribution < -0.4 is 5.32 Å². The van der Waals surface area contributed by atoms with Gasteiger partial charge >= 0.3 is 0 Å². The zero-order valence-corrected chi connectivity index (χ0v) is 17.3. The molecule has 0 spiro atoms. The van der Waals surface area contributed by atoms with Crippen LogP contribution in [0.1, 0.15) is 11.3 Å². The van der Waals surface area contributed by atoms with E-state index in [4.69, 9.17) is 27.6 Å². The number of nitrogens with zero attached hydrogens (tertiary/aromatic N) is 2. The van der Waals surface area contributed by atoms with Gasteiger partial charge < -0.3 is 9.73 Å². The lowest BCUT2D eigenvalue weighted by Gasteiger charge is -2.07. The Bertz CT molecular complexity index is 1100. The first-order chi connectivity index (χ1) is 14.1. The molecule has 1 saturated heterocycles. The highest BCUT2D eigenvalue weighted by Crippen LogP contribution is 2.28. The third kappa shape index (κ3) is 4.90. The molecule has 3 aromatic rings. The Labute approximate surface area is 181 Å². The van der Waals surface area contributed by atoms with Gasteiger partial charge in [-0.25, -0.2) is 0 Å². The van der Waals surface area contributed by atoms with Gasteiger partial charge in [-0.3, -0.25) is 4.79 Å². The van der Waals surface area contributed by atoms with Crippen molar-refractivity contribution in [1.29, 1.82) is 0 Å². The predicted molar refractivity (Wildman–Crippen MR) is 119 cm³/mol. The third-order valence-corrected chi connectivity index (χ3v) is 5.88. The summed E-state index contributed by atoms with van der Waals surface area (Å²) >= 11 is 13.5. The molecular weight excluding hydrogens is 429 g/mol. The number of carbonyl (C=O) groups excluding carboxylic acids is 1. The van der Waals surface area contributed by atoms with Gasteiger partial charge in [0.05, 0.1) is 11.5 Å². The standard InChI is InChI=1S/C21H15Cl2N3O2S/c22-15-6-8-17(23)14(10-15)11-19-20(27)25-21(29-19)26-24-12-16-7-9-18(28-16)13-4-2-1-3-5-13/h1-10,12,19H,11H2,(H,25,26,27)/b24-12+. The minimum absolute atomic E-state index is 0.135. The second-order valence-corrected chi connectivity index (χ2v) is 8.29. The molecule has 5 nitrogen and oxygen atoms in total. The van der Waals surface area contributed by atoms with Crippen molar-refractivity contribution in [3.05, 3.63) is 82.0 Å². The van der Waals surface area contributed by atoms with Gasteiger partial charge in [0.2, 0.25) is 5.91 Å². The van der Waals surface area contributed by atoms with E-state index in [0.29, 0.717) is 27.4 Å². The van der Waals surface area contributed by atoms with Gasteiger partial charge in [-0.1, -0.05) is 65.3 Å². The van der Waals surface area contributed by atoms with Crippen molar-refractivity contribution in [3.8, 4) is 11.3 Å². The lowest BCUT2D eigenvalue weighted by Crippen LogP contribution is -2.26. The molecule has 1 aliphatic heterocycles. The first kappa shape index (κ1) is 19.8. The minimum atomic E-state index is -0.340. The maximum absolute atomic E-state index is 12.2. The molecule has 0 bridgehead atoms. The van der Waals surface area contributed by atoms with E-state index in [9.17, 15) is 4.79 Å². The van der Waals surface area contributed by atoms with Gasteiger partial charge in [-0.15, -0.1) is 5.10 Å². The first-order valence-electron chi connectivity index (χ1n) is 8.76. The molecule has 1 fully saturated rings. The van der Waals surface area contributed by atoms with Crippen molar-refractivity contribution in [2.75, 3.05) is 0 Å². The summed E-state index contributed by atoms with van der Waals surface area (Å²) in [5.41, 5.74) is 1.81. The molecule has 1 aliphatic rings. The number of hydrogen-bond donors (Lipinski definition) is 1. The third-order valence-electron chi connectivity index (χ3n) is 4.21. The Kier molecular flexibility index (Phi) is 6.04. The number of amides is 1. The highest BCUT2D eigenvalue weighted by atomic mass is 35.5. The number of carbonyl (C=O) groups is 1. The van der Waals surface area contributed by atoms with Crippen molar-refractivity contribution in [1.82, 2.24) is 5.32 Å². The van der Waals surface area contributed by atoms with Crippen molar-refractivity contribution in [3.63, 3.8) is 0 Å². The summed E-state index contributed by atoms with van der Waals surface area (Å²) in [6, 6.07) is 18.7. The van der Waals surface area contributed by atoms with Crippen molar-refractivity contribution >= 4 is 52.3 Å². The van der Waals surface area contributed by atoms with E-state index in [0.717, 1.165) is 16.9 Å². The Morgan fingerprint density at radius 2 is 1.93 bits per heavy atom. The molecule has 2 aromatic carbocycles. The number of amidine groups is 1. The zero-order chi connectivity index (χ0) is 20.2. The monoisotopic (exact) mass is 443 g/mol. The van der Waals surface area contributed by atoms with E-state index >= 15 is 0 Å². The molecule has 0 aliphatic carbocycles. The molecular formula is C21H15Cl2N3O2S. The van der Waals surface area contributed by atoms with Crippen molar-refractivity contribution in [2.24, 2.45) is 10.2 Å². The van der Waals surface area contributed by atoms with E-state index in [1.165, 1.54) is 18.0 Å². The van der Waals surface area contributed by atoms with Crippen LogP contribution in [-0.4, -0.2) is 22.5 Å².